The number of carboxylic acid groups (broad SMARTS) is 1. The second-order valence-corrected chi connectivity index (χ2v) is 4.55. The number of aromatic nitrogens is 1. The second kappa shape index (κ2) is 6.23. The van der Waals surface area contributed by atoms with E-state index in [2.05, 4.69) is 6.58 Å². The number of rotatable bonds is 5. The van der Waals surface area contributed by atoms with E-state index < -0.39 is 18.1 Å². The van der Waals surface area contributed by atoms with Crippen molar-refractivity contribution in [3.63, 3.8) is 0 Å². The third-order valence-electron chi connectivity index (χ3n) is 3.09. The van der Waals surface area contributed by atoms with Crippen LogP contribution in [-0.2, 0) is 16.0 Å². The molecule has 1 aromatic heterocycles. The highest BCUT2D eigenvalue weighted by molar-refractivity contribution is 5.91. The summed E-state index contributed by atoms with van der Waals surface area (Å²) in [7, 11) is 0. The van der Waals surface area contributed by atoms with Gasteiger partial charge in [0.2, 0.25) is 0 Å². The third kappa shape index (κ3) is 3.11. The van der Waals surface area contributed by atoms with Crippen molar-refractivity contribution in [2.75, 3.05) is 6.61 Å². The number of hydrogen-bond acceptors (Lipinski definition) is 4. The standard InChI is InChI=1S/C15H16N2O4/c1-2-7-21-14(18)12(16)8-10-9-17(15(19)20)13-6-4-3-5-11(10)13/h2-6,9,12H,1,7-8,16H2,(H,19,20). The number of para-hydroxylation sites is 1. The van der Waals surface area contributed by atoms with E-state index in [-0.39, 0.29) is 13.0 Å². The van der Waals surface area contributed by atoms with Crippen molar-refractivity contribution < 1.29 is 19.4 Å². The van der Waals surface area contributed by atoms with E-state index in [9.17, 15) is 14.7 Å². The zero-order valence-corrected chi connectivity index (χ0v) is 11.4. The van der Waals surface area contributed by atoms with E-state index in [4.69, 9.17) is 10.5 Å². The van der Waals surface area contributed by atoms with Crippen LogP contribution in [0.4, 0.5) is 4.79 Å². The molecule has 0 aliphatic rings. The van der Waals surface area contributed by atoms with E-state index in [0.29, 0.717) is 11.1 Å². The van der Waals surface area contributed by atoms with Crippen LogP contribution in [0.1, 0.15) is 5.56 Å². The minimum atomic E-state index is -1.08. The van der Waals surface area contributed by atoms with Crippen LogP contribution in [0, 0.1) is 0 Å². The number of carbonyl (C=O) groups excluding carboxylic acids is 1. The Hall–Kier alpha value is -2.60. The van der Waals surface area contributed by atoms with Crippen LogP contribution in [0.5, 0.6) is 0 Å². The maximum atomic E-state index is 11.7. The van der Waals surface area contributed by atoms with Crippen molar-refractivity contribution in [2.24, 2.45) is 5.73 Å². The van der Waals surface area contributed by atoms with Gasteiger partial charge in [0.15, 0.2) is 0 Å². The first kappa shape index (κ1) is 14.8. The normalized spacial score (nSPS) is 12.0. The topological polar surface area (TPSA) is 94.5 Å². The van der Waals surface area contributed by atoms with Crippen molar-refractivity contribution in [1.29, 1.82) is 0 Å². The number of carbonyl (C=O) groups is 2. The first-order valence-corrected chi connectivity index (χ1v) is 6.40. The number of ether oxygens (including phenoxy) is 1. The van der Waals surface area contributed by atoms with Crippen LogP contribution in [0.3, 0.4) is 0 Å². The minimum absolute atomic E-state index is 0.101. The Bertz CT molecular complexity index is 690. The lowest BCUT2D eigenvalue weighted by Gasteiger charge is -2.09. The predicted octanol–water partition coefficient (Wildman–Crippen LogP) is 1.77. The van der Waals surface area contributed by atoms with Gasteiger partial charge in [-0.2, -0.15) is 0 Å². The molecule has 0 saturated heterocycles. The summed E-state index contributed by atoms with van der Waals surface area (Å²) in [6.45, 7) is 3.55. The number of fused-ring (bicyclic) bond motifs is 1. The Morgan fingerprint density at radius 2 is 2.14 bits per heavy atom. The van der Waals surface area contributed by atoms with Gasteiger partial charge in [-0.15, -0.1) is 0 Å². The monoisotopic (exact) mass is 288 g/mol. The highest BCUT2D eigenvalue weighted by Crippen LogP contribution is 2.22. The van der Waals surface area contributed by atoms with Gasteiger partial charge >= 0.3 is 12.1 Å². The summed E-state index contributed by atoms with van der Waals surface area (Å²) in [5.41, 5.74) is 7.05. The summed E-state index contributed by atoms with van der Waals surface area (Å²) in [5, 5.41) is 9.94. The number of hydrogen-bond donors (Lipinski definition) is 2. The van der Waals surface area contributed by atoms with Gasteiger partial charge in [-0.25, -0.2) is 4.79 Å². The molecular formula is C15H16N2O4. The quantitative estimate of drug-likeness (QED) is 0.646. The van der Waals surface area contributed by atoms with Crippen LogP contribution >= 0.6 is 0 Å². The van der Waals surface area contributed by atoms with Gasteiger partial charge in [0, 0.05) is 18.0 Å². The molecule has 0 aliphatic heterocycles. The Morgan fingerprint density at radius 3 is 2.81 bits per heavy atom. The maximum absolute atomic E-state index is 11.7. The zero-order valence-electron chi connectivity index (χ0n) is 11.4. The van der Waals surface area contributed by atoms with Gasteiger partial charge in [-0.3, -0.25) is 9.36 Å². The molecule has 110 valence electrons. The summed E-state index contributed by atoms with van der Waals surface area (Å²) in [4.78, 5) is 22.9. The molecule has 6 nitrogen and oxygen atoms in total. The number of benzene rings is 1. The molecular weight excluding hydrogens is 272 g/mol. The highest BCUT2D eigenvalue weighted by atomic mass is 16.5. The summed E-state index contributed by atoms with van der Waals surface area (Å²) < 4.78 is 6.00. The first-order chi connectivity index (χ1) is 10.0. The van der Waals surface area contributed by atoms with E-state index >= 15 is 0 Å². The van der Waals surface area contributed by atoms with Crippen molar-refractivity contribution >= 4 is 23.0 Å². The van der Waals surface area contributed by atoms with Crippen molar-refractivity contribution in [2.45, 2.75) is 12.5 Å². The molecule has 0 spiro atoms. The molecule has 3 N–H and O–H groups in total. The van der Waals surface area contributed by atoms with E-state index in [0.717, 1.165) is 9.95 Å². The van der Waals surface area contributed by atoms with Crippen LogP contribution in [0.15, 0.2) is 43.1 Å². The third-order valence-corrected chi connectivity index (χ3v) is 3.09. The van der Waals surface area contributed by atoms with Gasteiger partial charge in [-0.05, 0) is 11.6 Å². The van der Waals surface area contributed by atoms with Crippen LogP contribution in [0.25, 0.3) is 10.9 Å². The van der Waals surface area contributed by atoms with E-state index in [1.807, 2.05) is 0 Å². The van der Waals surface area contributed by atoms with Gasteiger partial charge in [0.05, 0.1) is 5.52 Å². The molecule has 0 radical (unpaired) electrons. The Kier molecular flexibility index (Phi) is 4.39. The Balaban J connectivity index is 2.28. The first-order valence-electron chi connectivity index (χ1n) is 6.40. The number of nitrogens with two attached hydrogens (primary N) is 1. The molecule has 0 bridgehead atoms. The number of nitrogens with zero attached hydrogens (tertiary/aromatic N) is 1. The summed E-state index contributed by atoms with van der Waals surface area (Å²) >= 11 is 0. The van der Waals surface area contributed by atoms with Crippen LogP contribution < -0.4 is 5.73 Å². The lowest BCUT2D eigenvalue weighted by atomic mass is 10.1. The molecule has 0 fully saturated rings. The average Bonchev–Trinajstić information content (AvgIpc) is 2.84. The fraction of sp³-hybridized carbons (Fsp3) is 0.200. The molecule has 1 unspecified atom stereocenters. The number of esters is 1. The van der Waals surface area contributed by atoms with Crippen molar-refractivity contribution in [3.05, 3.63) is 48.7 Å². The minimum Gasteiger partial charge on any atom is -0.464 e. The van der Waals surface area contributed by atoms with E-state index in [1.165, 1.54) is 12.3 Å². The summed E-state index contributed by atoms with van der Waals surface area (Å²) in [6.07, 6.45) is 2.06. The largest absolute Gasteiger partial charge is 0.464 e. The molecule has 1 heterocycles. The fourth-order valence-corrected chi connectivity index (χ4v) is 2.14. The highest BCUT2D eigenvalue weighted by Gasteiger charge is 2.19. The lowest BCUT2D eigenvalue weighted by molar-refractivity contribution is -0.143. The van der Waals surface area contributed by atoms with Crippen molar-refractivity contribution in [3.8, 4) is 0 Å². The fourth-order valence-electron chi connectivity index (χ4n) is 2.14. The zero-order chi connectivity index (χ0) is 15.4. The van der Waals surface area contributed by atoms with Gasteiger partial charge in [-0.1, -0.05) is 30.9 Å². The van der Waals surface area contributed by atoms with Gasteiger partial charge < -0.3 is 15.6 Å². The lowest BCUT2D eigenvalue weighted by Crippen LogP contribution is -2.34. The van der Waals surface area contributed by atoms with E-state index in [1.54, 1.807) is 24.3 Å². The predicted molar refractivity (Wildman–Crippen MR) is 78.2 cm³/mol. The van der Waals surface area contributed by atoms with Gasteiger partial charge in [0.1, 0.15) is 12.6 Å². The average molecular weight is 288 g/mol. The summed E-state index contributed by atoms with van der Waals surface area (Å²) in [5.74, 6) is -0.540. The van der Waals surface area contributed by atoms with Crippen LogP contribution in [-0.4, -0.2) is 34.4 Å². The summed E-state index contributed by atoms with van der Waals surface area (Å²) in [6, 6.07) is 6.21. The molecule has 0 amide bonds. The molecule has 6 heteroatoms. The van der Waals surface area contributed by atoms with Gasteiger partial charge in [0.25, 0.3) is 0 Å². The molecule has 2 rings (SSSR count). The Morgan fingerprint density at radius 1 is 1.43 bits per heavy atom. The van der Waals surface area contributed by atoms with Crippen LogP contribution in [0.2, 0.25) is 0 Å². The maximum Gasteiger partial charge on any atom is 0.416 e. The molecule has 1 aromatic carbocycles. The molecule has 0 aliphatic carbocycles. The second-order valence-electron chi connectivity index (χ2n) is 4.55. The molecule has 1 atom stereocenters. The molecule has 0 saturated carbocycles. The van der Waals surface area contributed by atoms with Crippen molar-refractivity contribution in [1.82, 2.24) is 4.57 Å². The smallest absolute Gasteiger partial charge is 0.416 e. The molecule has 21 heavy (non-hydrogen) atoms. The molecule has 2 aromatic rings. The SMILES string of the molecule is C=CCOC(=O)C(N)Cc1cn(C(=O)O)c2ccccc12. The Labute approximate surface area is 121 Å².